The lowest BCUT2D eigenvalue weighted by Crippen LogP contribution is -2.23. The molecule has 3 heteroatoms. The molecule has 1 unspecified atom stereocenters. The van der Waals surface area contributed by atoms with Gasteiger partial charge in [0.1, 0.15) is 5.01 Å². The molecule has 0 aliphatic heterocycles. The maximum Gasteiger partial charge on any atom is 0.114 e. The molecule has 19 heavy (non-hydrogen) atoms. The molecule has 0 radical (unpaired) electrons. The highest BCUT2D eigenvalue weighted by Crippen LogP contribution is 2.25. The molecule has 0 amide bonds. The second kappa shape index (κ2) is 6.83. The number of hydrogen-bond acceptors (Lipinski definition) is 3. The van der Waals surface area contributed by atoms with Gasteiger partial charge in [0.25, 0.3) is 0 Å². The first-order chi connectivity index (χ1) is 9.22. The molecule has 2 rings (SSSR count). The Kier molecular flexibility index (Phi) is 5.11. The lowest BCUT2D eigenvalue weighted by molar-refractivity contribution is 0.595. The predicted octanol–water partition coefficient (Wildman–Crippen LogP) is 4.36. The quantitative estimate of drug-likeness (QED) is 0.847. The Hall–Kier alpha value is -1.19. The van der Waals surface area contributed by atoms with Gasteiger partial charge in [0.15, 0.2) is 0 Å². The van der Waals surface area contributed by atoms with Gasteiger partial charge in [-0.3, -0.25) is 0 Å². The first kappa shape index (κ1) is 14.2. The van der Waals surface area contributed by atoms with Gasteiger partial charge in [-0.15, -0.1) is 11.3 Å². The molecular formula is C16H22N2S. The Morgan fingerprint density at radius 1 is 1.16 bits per heavy atom. The molecule has 2 aromatic rings. The number of rotatable bonds is 6. The predicted molar refractivity (Wildman–Crippen MR) is 82.8 cm³/mol. The van der Waals surface area contributed by atoms with E-state index in [0.717, 1.165) is 18.0 Å². The molecule has 0 bridgehead atoms. The van der Waals surface area contributed by atoms with Crippen LogP contribution >= 0.6 is 11.3 Å². The highest BCUT2D eigenvalue weighted by Gasteiger charge is 2.15. The van der Waals surface area contributed by atoms with Crippen LogP contribution in [-0.2, 0) is 0 Å². The van der Waals surface area contributed by atoms with E-state index in [9.17, 15) is 0 Å². The fraction of sp³-hybridized carbons (Fsp3) is 0.438. The molecule has 0 aliphatic carbocycles. The second-order valence-corrected chi connectivity index (χ2v) is 6.00. The van der Waals surface area contributed by atoms with Crippen molar-refractivity contribution in [2.45, 2.75) is 39.2 Å². The van der Waals surface area contributed by atoms with Crippen molar-refractivity contribution in [2.75, 3.05) is 6.54 Å². The molecule has 0 aliphatic rings. The van der Waals surface area contributed by atoms with Crippen LogP contribution < -0.4 is 5.32 Å². The van der Waals surface area contributed by atoms with Gasteiger partial charge in [-0.25, -0.2) is 4.98 Å². The first-order valence-corrected chi connectivity index (χ1v) is 7.83. The average molecular weight is 274 g/mol. The summed E-state index contributed by atoms with van der Waals surface area (Å²) in [4.78, 5) is 4.46. The zero-order chi connectivity index (χ0) is 13.7. The number of nitrogens with zero attached hydrogens (tertiary/aromatic N) is 1. The van der Waals surface area contributed by atoms with E-state index in [1.165, 1.54) is 11.1 Å². The fourth-order valence-electron chi connectivity index (χ4n) is 2.09. The maximum atomic E-state index is 4.46. The van der Waals surface area contributed by atoms with Crippen molar-refractivity contribution in [2.24, 2.45) is 0 Å². The Labute approximate surface area is 119 Å². The van der Waals surface area contributed by atoms with Crippen LogP contribution in [0.25, 0.3) is 0 Å². The summed E-state index contributed by atoms with van der Waals surface area (Å²) < 4.78 is 0. The van der Waals surface area contributed by atoms with Crippen molar-refractivity contribution in [3.63, 3.8) is 0 Å². The third-order valence-corrected chi connectivity index (χ3v) is 4.07. The van der Waals surface area contributed by atoms with Crippen molar-refractivity contribution in [3.05, 3.63) is 52.0 Å². The van der Waals surface area contributed by atoms with Crippen LogP contribution in [0.2, 0.25) is 0 Å². The number of thiazole rings is 1. The third-order valence-electron chi connectivity index (χ3n) is 3.23. The minimum absolute atomic E-state index is 0.223. The van der Waals surface area contributed by atoms with Crippen LogP contribution in [0.15, 0.2) is 35.8 Å². The fourth-order valence-corrected chi connectivity index (χ4v) is 2.83. The van der Waals surface area contributed by atoms with Crippen molar-refractivity contribution in [3.8, 4) is 0 Å². The number of nitrogens with one attached hydrogen (secondary N) is 1. The van der Waals surface area contributed by atoms with E-state index in [1.54, 1.807) is 11.3 Å². The van der Waals surface area contributed by atoms with Gasteiger partial charge in [-0.05, 0) is 30.0 Å². The summed E-state index contributed by atoms with van der Waals surface area (Å²) in [6.45, 7) is 7.65. The van der Waals surface area contributed by atoms with Gasteiger partial charge in [0, 0.05) is 11.6 Å². The Bertz CT molecular complexity index is 474. The zero-order valence-corrected chi connectivity index (χ0v) is 12.7. The number of hydrogen-bond donors (Lipinski definition) is 1. The molecule has 2 nitrogen and oxygen atoms in total. The van der Waals surface area contributed by atoms with Gasteiger partial charge >= 0.3 is 0 Å². The SMILES string of the molecule is CCCNC(c1ccc(C(C)C)cc1)c1nccs1. The summed E-state index contributed by atoms with van der Waals surface area (Å²) in [5, 5.41) is 6.77. The van der Waals surface area contributed by atoms with E-state index >= 15 is 0 Å². The van der Waals surface area contributed by atoms with Crippen LogP contribution in [-0.4, -0.2) is 11.5 Å². The van der Waals surface area contributed by atoms with Crippen molar-refractivity contribution >= 4 is 11.3 Å². The van der Waals surface area contributed by atoms with Gasteiger partial charge in [-0.2, -0.15) is 0 Å². The summed E-state index contributed by atoms with van der Waals surface area (Å²) >= 11 is 1.71. The Morgan fingerprint density at radius 2 is 1.84 bits per heavy atom. The molecule has 1 heterocycles. The Morgan fingerprint density at radius 3 is 2.37 bits per heavy atom. The standard InChI is InChI=1S/C16H22N2S/c1-4-9-17-15(16-18-10-11-19-16)14-7-5-13(6-8-14)12(2)3/h5-8,10-12,15,17H,4,9H2,1-3H3. The van der Waals surface area contributed by atoms with Crippen molar-refractivity contribution in [1.82, 2.24) is 10.3 Å². The summed E-state index contributed by atoms with van der Waals surface area (Å²) in [5.74, 6) is 0.580. The molecule has 1 atom stereocenters. The van der Waals surface area contributed by atoms with Crippen LogP contribution in [0.1, 0.15) is 55.3 Å². The highest BCUT2D eigenvalue weighted by atomic mass is 32.1. The molecule has 1 N–H and O–H groups in total. The van der Waals surface area contributed by atoms with Crippen molar-refractivity contribution in [1.29, 1.82) is 0 Å². The first-order valence-electron chi connectivity index (χ1n) is 6.95. The molecule has 0 fully saturated rings. The normalized spacial score (nSPS) is 12.8. The van der Waals surface area contributed by atoms with Crippen LogP contribution in [0.4, 0.5) is 0 Å². The van der Waals surface area contributed by atoms with Crippen LogP contribution in [0, 0.1) is 0 Å². The molecule has 1 aromatic carbocycles. The highest BCUT2D eigenvalue weighted by molar-refractivity contribution is 7.09. The molecule has 102 valence electrons. The zero-order valence-electron chi connectivity index (χ0n) is 11.9. The second-order valence-electron chi connectivity index (χ2n) is 5.08. The van der Waals surface area contributed by atoms with Gasteiger partial charge < -0.3 is 5.32 Å². The maximum absolute atomic E-state index is 4.46. The summed E-state index contributed by atoms with van der Waals surface area (Å²) in [6.07, 6.45) is 3.01. The van der Waals surface area contributed by atoms with E-state index in [4.69, 9.17) is 0 Å². The van der Waals surface area contributed by atoms with E-state index in [2.05, 4.69) is 55.3 Å². The van der Waals surface area contributed by atoms with E-state index in [0.29, 0.717) is 5.92 Å². The van der Waals surface area contributed by atoms with Crippen LogP contribution in [0.3, 0.4) is 0 Å². The largest absolute Gasteiger partial charge is 0.304 e. The van der Waals surface area contributed by atoms with Gasteiger partial charge in [-0.1, -0.05) is 45.0 Å². The van der Waals surface area contributed by atoms with E-state index in [-0.39, 0.29) is 6.04 Å². The summed E-state index contributed by atoms with van der Waals surface area (Å²) in [5.41, 5.74) is 2.69. The van der Waals surface area contributed by atoms with Crippen molar-refractivity contribution < 1.29 is 0 Å². The molecule has 1 aromatic heterocycles. The molecule has 0 saturated carbocycles. The van der Waals surface area contributed by atoms with Crippen LogP contribution in [0.5, 0.6) is 0 Å². The van der Waals surface area contributed by atoms with Gasteiger partial charge in [0.2, 0.25) is 0 Å². The average Bonchev–Trinajstić information content (AvgIpc) is 2.94. The topological polar surface area (TPSA) is 24.9 Å². The monoisotopic (exact) mass is 274 g/mol. The van der Waals surface area contributed by atoms with Gasteiger partial charge in [0.05, 0.1) is 6.04 Å². The smallest absolute Gasteiger partial charge is 0.114 e. The molecule has 0 saturated heterocycles. The molecular weight excluding hydrogens is 252 g/mol. The van der Waals surface area contributed by atoms with E-state index < -0.39 is 0 Å². The third kappa shape index (κ3) is 3.64. The minimum atomic E-state index is 0.223. The Balaban J connectivity index is 2.22. The summed E-state index contributed by atoms with van der Waals surface area (Å²) in [7, 11) is 0. The minimum Gasteiger partial charge on any atom is -0.304 e. The lowest BCUT2D eigenvalue weighted by Gasteiger charge is -2.17. The molecule has 0 spiro atoms. The summed E-state index contributed by atoms with van der Waals surface area (Å²) in [6, 6.07) is 9.14. The number of aromatic nitrogens is 1. The number of benzene rings is 1. The lowest BCUT2D eigenvalue weighted by atomic mass is 9.99. The van der Waals surface area contributed by atoms with E-state index in [1.807, 2.05) is 11.6 Å².